The first kappa shape index (κ1) is 22.1. The summed E-state index contributed by atoms with van der Waals surface area (Å²) < 4.78 is 0. The fourth-order valence-corrected chi connectivity index (χ4v) is 4.24. The van der Waals surface area contributed by atoms with Crippen molar-refractivity contribution in [2.75, 3.05) is 23.4 Å². The van der Waals surface area contributed by atoms with E-state index in [0.717, 1.165) is 10.8 Å². The van der Waals surface area contributed by atoms with Crippen LogP contribution in [0.4, 0.5) is 5.69 Å². The third kappa shape index (κ3) is 6.76. The summed E-state index contributed by atoms with van der Waals surface area (Å²) in [7, 11) is 3.00. The van der Waals surface area contributed by atoms with Crippen LogP contribution in [0, 0.1) is 5.92 Å². The first-order valence-corrected chi connectivity index (χ1v) is 11.5. The first-order valence-electron chi connectivity index (χ1n) is 8.96. The highest BCUT2D eigenvalue weighted by atomic mass is 33.1. The van der Waals surface area contributed by atoms with E-state index in [9.17, 15) is 14.4 Å². The molecule has 0 saturated heterocycles. The second-order valence-electron chi connectivity index (χ2n) is 6.43. The summed E-state index contributed by atoms with van der Waals surface area (Å²) in [4.78, 5) is 35.3. The molecular weight excluding hydrogens is 396 g/mol. The Kier molecular flexibility index (Phi) is 8.66. The molecule has 0 radical (unpaired) electrons. The number of rotatable bonds is 10. The maximum absolute atomic E-state index is 12.7. The van der Waals surface area contributed by atoms with Crippen molar-refractivity contribution in [3.8, 4) is 0 Å². The standard InChI is InChI=1S/C20H24N2O4S2/c1-13(2)19(25)22-17-12-15-6-4-3-5-14(15)11-16(17)20(26)21-8-10-28-27-9-7-18(23)24/h3-6,11-13H,7-10H2,1-2H3,(H,21,26)(H,22,25)(H,23,24). The average molecular weight is 421 g/mol. The van der Waals surface area contributed by atoms with E-state index in [1.54, 1.807) is 19.9 Å². The predicted octanol–water partition coefficient (Wildman–Crippen LogP) is 4.02. The van der Waals surface area contributed by atoms with Gasteiger partial charge in [0, 0.05) is 24.0 Å². The van der Waals surface area contributed by atoms with Gasteiger partial charge >= 0.3 is 5.97 Å². The number of carboxylic acids is 1. The van der Waals surface area contributed by atoms with Crippen molar-refractivity contribution in [1.29, 1.82) is 0 Å². The van der Waals surface area contributed by atoms with Crippen LogP contribution in [0.3, 0.4) is 0 Å². The van der Waals surface area contributed by atoms with Crippen molar-refractivity contribution < 1.29 is 19.5 Å². The quantitative estimate of drug-likeness (QED) is 0.397. The zero-order valence-corrected chi connectivity index (χ0v) is 17.5. The molecule has 2 rings (SSSR count). The van der Waals surface area contributed by atoms with Crippen LogP contribution < -0.4 is 10.6 Å². The largest absolute Gasteiger partial charge is 0.481 e. The molecule has 0 atom stereocenters. The van der Waals surface area contributed by atoms with Crippen LogP contribution in [0.5, 0.6) is 0 Å². The highest BCUT2D eigenvalue weighted by molar-refractivity contribution is 8.76. The maximum atomic E-state index is 12.7. The van der Waals surface area contributed by atoms with Crippen LogP contribution in [0.1, 0.15) is 30.6 Å². The van der Waals surface area contributed by atoms with Gasteiger partial charge in [0.25, 0.3) is 5.91 Å². The normalized spacial score (nSPS) is 10.8. The Hall–Kier alpha value is -2.19. The molecule has 8 heteroatoms. The Morgan fingerprint density at radius 1 is 1.04 bits per heavy atom. The minimum absolute atomic E-state index is 0.125. The Bertz CT molecular complexity index is 855. The molecular formula is C20H24N2O4S2. The number of amides is 2. The van der Waals surface area contributed by atoms with E-state index in [0.29, 0.717) is 29.3 Å². The number of carbonyl (C=O) groups is 3. The van der Waals surface area contributed by atoms with Crippen molar-refractivity contribution in [3.05, 3.63) is 42.0 Å². The number of benzene rings is 2. The average Bonchev–Trinajstić information content (AvgIpc) is 2.66. The van der Waals surface area contributed by atoms with Crippen molar-refractivity contribution in [2.45, 2.75) is 20.3 Å². The lowest BCUT2D eigenvalue weighted by atomic mass is 10.0. The molecule has 6 nitrogen and oxygen atoms in total. The van der Waals surface area contributed by atoms with E-state index in [-0.39, 0.29) is 24.2 Å². The van der Waals surface area contributed by atoms with Gasteiger partial charge in [0.15, 0.2) is 0 Å². The molecule has 0 fully saturated rings. The molecule has 150 valence electrons. The lowest BCUT2D eigenvalue weighted by molar-refractivity contribution is -0.136. The smallest absolute Gasteiger partial charge is 0.304 e. The van der Waals surface area contributed by atoms with E-state index in [2.05, 4.69) is 10.6 Å². The Morgan fingerprint density at radius 2 is 1.68 bits per heavy atom. The molecule has 0 saturated carbocycles. The highest BCUT2D eigenvalue weighted by Gasteiger charge is 2.16. The zero-order valence-electron chi connectivity index (χ0n) is 15.9. The molecule has 0 bridgehead atoms. The second kappa shape index (κ2) is 11.0. The van der Waals surface area contributed by atoms with Gasteiger partial charge in [0.05, 0.1) is 17.7 Å². The first-order chi connectivity index (χ1) is 13.4. The van der Waals surface area contributed by atoms with E-state index >= 15 is 0 Å². The van der Waals surface area contributed by atoms with Crippen molar-refractivity contribution in [2.24, 2.45) is 5.92 Å². The summed E-state index contributed by atoms with van der Waals surface area (Å²) >= 11 is 0. The highest BCUT2D eigenvalue weighted by Crippen LogP contribution is 2.25. The molecule has 28 heavy (non-hydrogen) atoms. The third-order valence-corrected chi connectivity index (χ3v) is 6.27. The number of carboxylic acid groups (broad SMARTS) is 1. The summed E-state index contributed by atoms with van der Waals surface area (Å²) in [5.41, 5.74) is 0.926. The van der Waals surface area contributed by atoms with Gasteiger partial charge in [-0.15, -0.1) is 0 Å². The fourth-order valence-electron chi connectivity index (χ4n) is 2.36. The number of nitrogens with one attached hydrogen (secondary N) is 2. The van der Waals surface area contributed by atoms with Crippen LogP contribution in [0.25, 0.3) is 10.8 Å². The minimum Gasteiger partial charge on any atom is -0.481 e. The third-order valence-electron chi connectivity index (χ3n) is 3.87. The summed E-state index contributed by atoms with van der Waals surface area (Å²) in [6.45, 7) is 4.05. The molecule has 0 aromatic heterocycles. The van der Waals surface area contributed by atoms with Crippen LogP contribution in [-0.2, 0) is 9.59 Å². The molecule has 0 aliphatic heterocycles. The molecule has 3 N–H and O–H groups in total. The van der Waals surface area contributed by atoms with Crippen LogP contribution in [-0.4, -0.2) is 40.9 Å². The molecule has 0 aliphatic carbocycles. The Morgan fingerprint density at radius 3 is 2.32 bits per heavy atom. The van der Waals surface area contributed by atoms with E-state index in [4.69, 9.17) is 5.11 Å². The van der Waals surface area contributed by atoms with Crippen LogP contribution in [0.15, 0.2) is 36.4 Å². The second-order valence-corrected chi connectivity index (χ2v) is 9.13. The Labute approximate surface area is 172 Å². The molecule has 0 spiro atoms. The van der Waals surface area contributed by atoms with Gasteiger partial charge in [0.2, 0.25) is 5.91 Å². The summed E-state index contributed by atoms with van der Waals surface area (Å²) in [6.07, 6.45) is 0.125. The fraction of sp³-hybridized carbons (Fsp3) is 0.350. The molecule has 0 heterocycles. The predicted molar refractivity (Wildman–Crippen MR) is 117 cm³/mol. The number of fused-ring (bicyclic) bond motifs is 1. The number of hydrogen-bond donors (Lipinski definition) is 3. The Balaban J connectivity index is 2.03. The lowest BCUT2D eigenvalue weighted by Crippen LogP contribution is -2.27. The number of aliphatic carboxylic acids is 1. The van der Waals surface area contributed by atoms with Crippen molar-refractivity contribution >= 4 is 55.8 Å². The van der Waals surface area contributed by atoms with Crippen molar-refractivity contribution in [3.63, 3.8) is 0 Å². The summed E-state index contributed by atoms with van der Waals surface area (Å²) in [6, 6.07) is 11.3. The van der Waals surface area contributed by atoms with Gasteiger partial charge in [-0.1, -0.05) is 59.7 Å². The van der Waals surface area contributed by atoms with Crippen molar-refractivity contribution in [1.82, 2.24) is 5.32 Å². The number of carbonyl (C=O) groups excluding carboxylic acids is 2. The maximum Gasteiger partial charge on any atom is 0.304 e. The topological polar surface area (TPSA) is 95.5 Å². The van der Waals surface area contributed by atoms with Gasteiger partial charge in [0.1, 0.15) is 0 Å². The number of hydrogen-bond acceptors (Lipinski definition) is 5. The van der Waals surface area contributed by atoms with Gasteiger partial charge in [-0.2, -0.15) is 0 Å². The van der Waals surface area contributed by atoms with E-state index < -0.39 is 5.97 Å². The van der Waals surface area contributed by atoms with E-state index in [1.165, 1.54) is 21.6 Å². The number of anilines is 1. The molecule has 0 aliphatic rings. The zero-order chi connectivity index (χ0) is 20.5. The minimum atomic E-state index is -0.811. The van der Waals surface area contributed by atoms with Crippen LogP contribution >= 0.6 is 21.6 Å². The molecule has 2 amide bonds. The lowest BCUT2D eigenvalue weighted by Gasteiger charge is -2.14. The van der Waals surface area contributed by atoms with Gasteiger partial charge in [-0.25, -0.2) is 0 Å². The van der Waals surface area contributed by atoms with Gasteiger partial charge < -0.3 is 15.7 Å². The van der Waals surface area contributed by atoms with E-state index in [1.807, 2.05) is 30.3 Å². The molecule has 2 aromatic rings. The SMILES string of the molecule is CC(C)C(=O)Nc1cc2ccccc2cc1C(=O)NCCSSCCC(=O)O. The molecule has 0 unspecified atom stereocenters. The summed E-state index contributed by atoms with van der Waals surface area (Å²) in [5.74, 6) is -0.202. The monoisotopic (exact) mass is 420 g/mol. The van der Waals surface area contributed by atoms with Crippen LogP contribution in [0.2, 0.25) is 0 Å². The summed E-state index contributed by atoms with van der Waals surface area (Å²) in [5, 5.41) is 16.2. The van der Waals surface area contributed by atoms with Gasteiger partial charge in [-0.3, -0.25) is 14.4 Å². The molecule has 2 aromatic carbocycles. The van der Waals surface area contributed by atoms with Gasteiger partial charge in [-0.05, 0) is 22.9 Å².